The zero-order valence-electron chi connectivity index (χ0n) is 11.0. The van der Waals surface area contributed by atoms with Crippen molar-refractivity contribution in [2.45, 2.75) is 13.1 Å². The van der Waals surface area contributed by atoms with E-state index in [1.165, 1.54) is 15.9 Å². The Kier molecular flexibility index (Phi) is 6.64. The SMILES string of the molecule is Cl.N=c1sccn1CC(=O)NC(=O)NCc1ccccc1. The fourth-order valence-electron chi connectivity index (χ4n) is 1.57. The minimum absolute atomic E-state index is 0. The first kappa shape index (κ1) is 16.9. The number of nitrogens with one attached hydrogen (secondary N) is 3. The molecule has 0 aliphatic rings. The molecule has 0 unspecified atom stereocenters. The Labute approximate surface area is 131 Å². The Morgan fingerprint density at radius 2 is 1.95 bits per heavy atom. The number of carbonyl (C=O) groups is 2. The first-order valence-electron chi connectivity index (χ1n) is 5.95. The first-order chi connectivity index (χ1) is 9.65. The number of halogens is 1. The maximum Gasteiger partial charge on any atom is 0.321 e. The summed E-state index contributed by atoms with van der Waals surface area (Å²) >= 11 is 1.22. The molecule has 0 aliphatic carbocycles. The predicted molar refractivity (Wildman–Crippen MR) is 82.2 cm³/mol. The van der Waals surface area contributed by atoms with Crippen LogP contribution < -0.4 is 15.4 Å². The highest BCUT2D eigenvalue weighted by Crippen LogP contribution is 1.96. The summed E-state index contributed by atoms with van der Waals surface area (Å²) in [5.41, 5.74) is 0.954. The van der Waals surface area contributed by atoms with Gasteiger partial charge in [-0.1, -0.05) is 30.3 Å². The quantitative estimate of drug-likeness (QED) is 0.794. The van der Waals surface area contributed by atoms with Gasteiger partial charge in [-0.05, 0) is 5.56 Å². The van der Waals surface area contributed by atoms with Crippen LogP contribution in [0.1, 0.15) is 5.56 Å². The topological polar surface area (TPSA) is 87.0 Å². The van der Waals surface area contributed by atoms with Gasteiger partial charge in [-0.3, -0.25) is 15.5 Å². The summed E-state index contributed by atoms with van der Waals surface area (Å²) < 4.78 is 1.46. The van der Waals surface area contributed by atoms with Crippen molar-refractivity contribution < 1.29 is 9.59 Å². The van der Waals surface area contributed by atoms with Crippen LogP contribution in [0.25, 0.3) is 0 Å². The van der Waals surface area contributed by atoms with Crippen LogP contribution in [0.5, 0.6) is 0 Å². The second-order valence-corrected chi connectivity index (χ2v) is 4.95. The maximum absolute atomic E-state index is 11.6. The van der Waals surface area contributed by atoms with Crippen LogP contribution in [0.4, 0.5) is 4.79 Å². The van der Waals surface area contributed by atoms with E-state index in [1.54, 1.807) is 11.6 Å². The van der Waals surface area contributed by atoms with Crippen molar-refractivity contribution in [3.63, 3.8) is 0 Å². The van der Waals surface area contributed by atoms with Gasteiger partial charge in [0.2, 0.25) is 5.91 Å². The normalized spacial score (nSPS) is 9.52. The Morgan fingerprint density at radius 3 is 2.57 bits per heavy atom. The molecule has 1 aromatic heterocycles. The van der Waals surface area contributed by atoms with E-state index in [4.69, 9.17) is 5.41 Å². The number of hydrogen-bond acceptors (Lipinski definition) is 4. The van der Waals surface area contributed by atoms with Gasteiger partial charge in [-0.15, -0.1) is 23.7 Å². The van der Waals surface area contributed by atoms with E-state index in [0.29, 0.717) is 6.54 Å². The Morgan fingerprint density at radius 1 is 1.24 bits per heavy atom. The van der Waals surface area contributed by atoms with Gasteiger partial charge in [0.1, 0.15) is 6.54 Å². The molecule has 6 nitrogen and oxygen atoms in total. The van der Waals surface area contributed by atoms with E-state index in [0.717, 1.165) is 5.56 Å². The number of hydrogen-bond donors (Lipinski definition) is 3. The number of amides is 3. The average Bonchev–Trinajstić information content (AvgIpc) is 2.83. The van der Waals surface area contributed by atoms with Crippen LogP contribution in [0.3, 0.4) is 0 Å². The molecule has 1 heterocycles. The minimum Gasteiger partial charge on any atom is -0.334 e. The highest BCUT2D eigenvalue weighted by Gasteiger charge is 2.08. The number of imide groups is 1. The van der Waals surface area contributed by atoms with Crippen molar-refractivity contribution in [3.05, 3.63) is 52.3 Å². The summed E-state index contributed by atoms with van der Waals surface area (Å²) in [5.74, 6) is -0.451. The molecule has 0 aliphatic heterocycles. The van der Waals surface area contributed by atoms with Gasteiger partial charge in [-0.25, -0.2) is 4.79 Å². The molecule has 0 saturated carbocycles. The summed E-state index contributed by atoms with van der Waals surface area (Å²) in [4.78, 5) is 23.4. The third kappa shape index (κ3) is 5.41. The highest BCUT2D eigenvalue weighted by atomic mass is 35.5. The zero-order valence-corrected chi connectivity index (χ0v) is 12.7. The summed E-state index contributed by atoms with van der Waals surface area (Å²) in [5, 5.41) is 14.1. The van der Waals surface area contributed by atoms with Crippen molar-refractivity contribution >= 4 is 35.7 Å². The first-order valence-corrected chi connectivity index (χ1v) is 6.83. The number of urea groups is 1. The molecule has 21 heavy (non-hydrogen) atoms. The van der Waals surface area contributed by atoms with E-state index in [-0.39, 0.29) is 23.8 Å². The van der Waals surface area contributed by atoms with Crippen molar-refractivity contribution in [2.24, 2.45) is 0 Å². The van der Waals surface area contributed by atoms with Crippen LogP contribution in [0.2, 0.25) is 0 Å². The second kappa shape index (κ2) is 8.23. The van der Waals surface area contributed by atoms with E-state index in [9.17, 15) is 9.59 Å². The lowest BCUT2D eigenvalue weighted by Gasteiger charge is -2.07. The number of thiazole rings is 1. The molecule has 3 N–H and O–H groups in total. The van der Waals surface area contributed by atoms with Gasteiger partial charge < -0.3 is 9.88 Å². The van der Waals surface area contributed by atoms with Gasteiger partial charge in [0.25, 0.3) is 0 Å². The molecule has 2 rings (SSSR count). The van der Waals surface area contributed by atoms with Crippen LogP contribution >= 0.6 is 23.7 Å². The van der Waals surface area contributed by atoms with Gasteiger partial charge in [0, 0.05) is 18.1 Å². The molecule has 1 aromatic carbocycles. The molecule has 3 amide bonds. The molecule has 0 bridgehead atoms. The summed E-state index contributed by atoms with van der Waals surface area (Å²) in [6.45, 7) is 0.316. The molecule has 0 fully saturated rings. The standard InChI is InChI=1S/C13H14N4O2S.ClH/c14-12-17(6-7-20-12)9-11(18)16-13(19)15-8-10-4-2-1-3-5-10;/h1-7,14H,8-9H2,(H2,15,16,18,19);1H. The summed E-state index contributed by atoms with van der Waals surface area (Å²) in [7, 11) is 0. The lowest BCUT2D eigenvalue weighted by molar-refractivity contribution is -0.120. The molecular formula is C13H15ClN4O2S. The predicted octanol–water partition coefficient (Wildman–Crippen LogP) is 1.48. The van der Waals surface area contributed by atoms with E-state index < -0.39 is 11.9 Å². The molecule has 0 spiro atoms. The third-order valence-corrected chi connectivity index (χ3v) is 3.26. The molecule has 2 aromatic rings. The van der Waals surface area contributed by atoms with Gasteiger partial charge >= 0.3 is 6.03 Å². The monoisotopic (exact) mass is 326 g/mol. The van der Waals surface area contributed by atoms with Crippen LogP contribution in [0, 0.1) is 5.41 Å². The van der Waals surface area contributed by atoms with Crippen LogP contribution in [-0.2, 0) is 17.9 Å². The smallest absolute Gasteiger partial charge is 0.321 e. The van der Waals surface area contributed by atoms with Gasteiger partial charge in [0.15, 0.2) is 4.80 Å². The van der Waals surface area contributed by atoms with Crippen molar-refractivity contribution in [3.8, 4) is 0 Å². The lowest BCUT2D eigenvalue weighted by atomic mass is 10.2. The molecule has 8 heteroatoms. The summed E-state index contributed by atoms with van der Waals surface area (Å²) in [6.07, 6.45) is 1.63. The molecular weight excluding hydrogens is 312 g/mol. The number of benzene rings is 1. The average molecular weight is 327 g/mol. The Balaban J connectivity index is 0.00000220. The number of rotatable bonds is 4. The second-order valence-electron chi connectivity index (χ2n) is 4.05. The third-order valence-electron chi connectivity index (χ3n) is 2.54. The van der Waals surface area contributed by atoms with Crippen molar-refractivity contribution in [1.29, 1.82) is 5.41 Å². The van der Waals surface area contributed by atoms with Crippen LogP contribution in [0.15, 0.2) is 41.9 Å². The fourth-order valence-corrected chi connectivity index (χ4v) is 2.17. The summed E-state index contributed by atoms with van der Waals surface area (Å²) in [6, 6.07) is 8.88. The van der Waals surface area contributed by atoms with Gasteiger partial charge in [-0.2, -0.15) is 0 Å². The molecule has 0 saturated heterocycles. The number of nitrogens with zero attached hydrogens (tertiary/aromatic N) is 1. The van der Waals surface area contributed by atoms with Crippen molar-refractivity contribution in [2.75, 3.05) is 0 Å². The molecule has 0 atom stereocenters. The Bertz CT molecular complexity index is 653. The molecule has 0 radical (unpaired) electrons. The van der Waals surface area contributed by atoms with E-state index in [2.05, 4.69) is 10.6 Å². The number of aromatic nitrogens is 1. The lowest BCUT2D eigenvalue weighted by Crippen LogP contribution is -2.41. The fraction of sp³-hybridized carbons (Fsp3) is 0.154. The van der Waals surface area contributed by atoms with E-state index >= 15 is 0 Å². The number of carbonyl (C=O) groups excluding carboxylic acids is 2. The van der Waals surface area contributed by atoms with E-state index in [1.807, 2.05) is 30.3 Å². The maximum atomic E-state index is 11.6. The van der Waals surface area contributed by atoms with Crippen LogP contribution in [-0.4, -0.2) is 16.5 Å². The highest BCUT2D eigenvalue weighted by molar-refractivity contribution is 7.06. The van der Waals surface area contributed by atoms with Crippen molar-refractivity contribution in [1.82, 2.24) is 15.2 Å². The largest absolute Gasteiger partial charge is 0.334 e. The zero-order chi connectivity index (χ0) is 14.4. The minimum atomic E-state index is -0.541. The Hall–Kier alpha value is -2.12. The molecule has 112 valence electrons. The van der Waals surface area contributed by atoms with Gasteiger partial charge in [0.05, 0.1) is 0 Å².